The minimum atomic E-state index is -0.0232. The standard InChI is InChI=1S/C27H33N3O3/c1-20-12-14-23(15-13-20)26(31)29(17-18-32-3)19-24-25(22-10-5-4-6-11-22)28-33-27(24)30-16-8-7-9-21(30)2/h4-6,10-15,21H,7-9,16-19H2,1-3H3/t21-/m1/s1. The molecule has 0 aliphatic carbocycles. The SMILES string of the molecule is COCCN(Cc1c(-c2ccccc2)noc1N1CCCC[C@H]1C)C(=O)c1ccc(C)cc1. The number of benzene rings is 2. The third-order valence-corrected chi connectivity index (χ3v) is 6.38. The van der Waals surface area contributed by atoms with Crippen LogP contribution in [0.15, 0.2) is 59.1 Å². The lowest BCUT2D eigenvalue weighted by Crippen LogP contribution is -2.39. The molecule has 4 rings (SSSR count). The van der Waals surface area contributed by atoms with E-state index in [1.165, 1.54) is 6.42 Å². The highest BCUT2D eigenvalue weighted by Gasteiger charge is 2.30. The van der Waals surface area contributed by atoms with Crippen LogP contribution in [0.5, 0.6) is 0 Å². The van der Waals surface area contributed by atoms with E-state index in [9.17, 15) is 4.79 Å². The highest BCUT2D eigenvalue weighted by Crippen LogP contribution is 2.35. The lowest BCUT2D eigenvalue weighted by molar-refractivity contribution is 0.0680. The summed E-state index contributed by atoms with van der Waals surface area (Å²) in [4.78, 5) is 17.6. The van der Waals surface area contributed by atoms with Crippen molar-refractivity contribution < 1.29 is 14.1 Å². The van der Waals surface area contributed by atoms with Gasteiger partial charge in [-0.3, -0.25) is 4.79 Å². The summed E-state index contributed by atoms with van der Waals surface area (Å²) in [6.45, 7) is 6.53. The van der Waals surface area contributed by atoms with Gasteiger partial charge in [0.1, 0.15) is 5.69 Å². The van der Waals surface area contributed by atoms with E-state index in [4.69, 9.17) is 9.26 Å². The molecule has 1 aliphatic heterocycles. The number of methoxy groups -OCH3 is 1. The summed E-state index contributed by atoms with van der Waals surface area (Å²) < 4.78 is 11.3. The molecule has 0 unspecified atom stereocenters. The summed E-state index contributed by atoms with van der Waals surface area (Å²) in [5.74, 6) is 0.755. The first-order valence-corrected chi connectivity index (χ1v) is 11.7. The fraction of sp³-hybridized carbons (Fsp3) is 0.407. The van der Waals surface area contributed by atoms with Crippen LogP contribution in [0.1, 0.15) is 47.7 Å². The Morgan fingerprint density at radius 3 is 2.61 bits per heavy atom. The number of aromatic nitrogens is 1. The van der Waals surface area contributed by atoms with E-state index in [1.807, 2.05) is 66.4 Å². The zero-order chi connectivity index (χ0) is 23.2. The van der Waals surface area contributed by atoms with Crippen LogP contribution in [0.4, 0.5) is 5.88 Å². The van der Waals surface area contributed by atoms with Gasteiger partial charge in [0.25, 0.3) is 5.91 Å². The smallest absolute Gasteiger partial charge is 0.254 e. The number of nitrogens with zero attached hydrogens (tertiary/aromatic N) is 3. The molecule has 1 fully saturated rings. The lowest BCUT2D eigenvalue weighted by Gasteiger charge is -2.34. The van der Waals surface area contributed by atoms with Gasteiger partial charge in [0.2, 0.25) is 5.88 Å². The second-order valence-corrected chi connectivity index (χ2v) is 8.80. The number of aryl methyl sites for hydroxylation is 1. The minimum Gasteiger partial charge on any atom is -0.383 e. The predicted molar refractivity (Wildman–Crippen MR) is 130 cm³/mol. The Hall–Kier alpha value is -3.12. The molecule has 33 heavy (non-hydrogen) atoms. The molecule has 6 nitrogen and oxygen atoms in total. The summed E-state index contributed by atoms with van der Waals surface area (Å²) >= 11 is 0. The minimum absolute atomic E-state index is 0.0232. The quantitative estimate of drug-likeness (QED) is 0.468. The summed E-state index contributed by atoms with van der Waals surface area (Å²) in [6, 6.07) is 18.1. The van der Waals surface area contributed by atoms with Crippen LogP contribution in [0, 0.1) is 6.92 Å². The maximum Gasteiger partial charge on any atom is 0.254 e. The molecule has 0 spiro atoms. The van der Waals surface area contributed by atoms with Crippen molar-refractivity contribution in [3.8, 4) is 11.3 Å². The molecule has 0 saturated carbocycles. The zero-order valence-electron chi connectivity index (χ0n) is 19.8. The van der Waals surface area contributed by atoms with Gasteiger partial charge < -0.3 is 19.1 Å². The van der Waals surface area contributed by atoms with E-state index in [-0.39, 0.29) is 5.91 Å². The average molecular weight is 448 g/mol. The van der Waals surface area contributed by atoms with Gasteiger partial charge in [0, 0.05) is 37.4 Å². The number of hydrogen-bond donors (Lipinski definition) is 0. The highest BCUT2D eigenvalue weighted by atomic mass is 16.5. The van der Waals surface area contributed by atoms with Crippen LogP contribution in [0.2, 0.25) is 0 Å². The molecule has 0 N–H and O–H groups in total. The number of amides is 1. The van der Waals surface area contributed by atoms with Crippen LogP contribution < -0.4 is 4.90 Å². The van der Waals surface area contributed by atoms with Crippen molar-refractivity contribution in [2.75, 3.05) is 31.7 Å². The molecule has 6 heteroatoms. The van der Waals surface area contributed by atoms with Gasteiger partial charge in [-0.05, 0) is 45.2 Å². The number of carbonyl (C=O) groups excluding carboxylic acids is 1. The van der Waals surface area contributed by atoms with Crippen molar-refractivity contribution in [2.24, 2.45) is 0 Å². The summed E-state index contributed by atoms with van der Waals surface area (Å²) in [5.41, 5.74) is 4.53. The number of anilines is 1. The van der Waals surface area contributed by atoms with E-state index in [0.717, 1.165) is 47.7 Å². The van der Waals surface area contributed by atoms with Gasteiger partial charge in [-0.25, -0.2) is 0 Å². The Balaban J connectivity index is 1.72. The normalized spacial score (nSPS) is 16.1. The molecule has 174 valence electrons. The summed E-state index contributed by atoms with van der Waals surface area (Å²) in [7, 11) is 1.66. The molecule has 1 atom stereocenters. The monoisotopic (exact) mass is 447 g/mol. The Labute approximate surface area is 196 Å². The largest absolute Gasteiger partial charge is 0.383 e. The number of carbonyl (C=O) groups is 1. The third-order valence-electron chi connectivity index (χ3n) is 6.38. The van der Waals surface area contributed by atoms with E-state index < -0.39 is 0 Å². The molecular weight excluding hydrogens is 414 g/mol. The number of piperidine rings is 1. The van der Waals surface area contributed by atoms with Crippen molar-refractivity contribution in [2.45, 2.75) is 45.7 Å². The van der Waals surface area contributed by atoms with E-state index in [0.29, 0.717) is 31.3 Å². The van der Waals surface area contributed by atoms with E-state index in [1.54, 1.807) is 7.11 Å². The van der Waals surface area contributed by atoms with Crippen LogP contribution in [-0.4, -0.2) is 48.8 Å². The van der Waals surface area contributed by atoms with E-state index in [2.05, 4.69) is 17.0 Å². The third kappa shape index (κ3) is 5.28. The van der Waals surface area contributed by atoms with Gasteiger partial charge in [0.15, 0.2) is 0 Å². The molecule has 1 aliphatic rings. The zero-order valence-corrected chi connectivity index (χ0v) is 19.8. The van der Waals surface area contributed by atoms with Gasteiger partial charge in [-0.2, -0.15) is 0 Å². The number of rotatable bonds is 8. The maximum absolute atomic E-state index is 13.5. The first-order chi connectivity index (χ1) is 16.1. The van der Waals surface area contributed by atoms with Crippen LogP contribution in [0.3, 0.4) is 0 Å². The highest BCUT2D eigenvalue weighted by molar-refractivity contribution is 5.94. The van der Waals surface area contributed by atoms with Crippen molar-refractivity contribution in [1.82, 2.24) is 10.1 Å². The fourth-order valence-electron chi connectivity index (χ4n) is 4.41. The first-order valence-electron chi connectivity index (χ1n) is 11.7. The van der Waals surface area contributed by atoms with Crippen molar-refractivity contribution in [3.05, 3.63) is 71.3 Å². The molecule has 1 aromatic heterocycles. The summed E-state index contributed by atoms with van der Waals surface area (Å²) in [5, 5.41) is 4.49. The second-order valence-electron chi connectivity index (χ2n) is 8.80. The van der Waals surface area contributed by atoms with Gasteiger partial charge in [-0.15, -0.1) is 0 Å². The van der Waals surface area contributed by atoms with E-state index >= 15 is 0 Å². The molecule has 2 aromatic carbocycles. The molecule has 2 heterocycles. The molecule has 0 radical (unpaired) electrons. The molecule has 1 saturated heterocycles. The predicted octanol–water partition coefficient (Wildman–Crippen LogP) is 5.32. The molecular formula is C27H33N3O3. The topological polar surface area (TPSA) is 58.8 Å². The number of ether oxygens (including phenoxy) is 1. The molecule has 1 amide bonds. The van der Waals surface area contributed by atoms with Crippen LogP contribution in [-0.2, 0) is 11.3 Å². The van der Waals surface area contributed by atoms with Gasteiger partial charge in [0.05, 0.1) is 18.7 Å². The van der Waals surface area contributed by atoms with Crippen molar-refractivity contribution >= 4 is 11.8 Å². The van der Waals surface area contributed by atoms with Gasteiger partial charge >= 0.3 is 0 Å². The van der Waals surface area contributed by atoms with Crippen LogP contribution in [0.25, 0.3) is 11.3 Å². The van der Waals surface area contributed by atoms with Crippen molar-refractivity contribution in [1.29, 1.82) is 0 Å². The molecule has 0 bridgehead atoms. The Morgan fingerprint density at radius 2 is 1.91 bits per heavy atom. The average Bonchev–Trinajstić information content (AvgIpc) is 3.26. The van der Waals surface area contributed by atoms with Gasteiger partial charge in [-0.1, -0.05) is 53.2 Å². The Morgan fingerprint density at radius 1 is 1.15 bits per heavy atom. The number of hydrogen-bond acceptors (Lipinski definition) is 5. The Kier molecular flexibility index (Phi) is 7.45. The van der Waals surface area contributed by atoms with Crippen molar-refractivity contribution in [3.63, 3.8) is 0 Å². The lowest BCUT2D eigenvalue weighted by atomic mass is 10.0. The summed E-state index contributed by atoms with van der Waals surface area (Å²) in [6.07, 6.45) is 3.47. The Bertz CT molecular complexity index is 1050. The molecule has 3 aromatic rings. The second kappa shape index (κ2) is 10.7. The first kappa shape index (κ1) is 23.1. The maximum atomic E-state index is 13.5. The fourth-order valence-corrected chi connectivity index (χ4v) is 4.41. The van der Waals surface area contributed by atoms with Crippen LogP contribution >= 0.6 is 0 Å².